The topological polar surface area (TPSA) is 181 Å². The van der Waals surface area contributed by atoms with Gasteiger partial charge in [-0.1, -0.05) is 49.7 Å². The molecule has 0 aliphatic carbocycles. The number of anilines is 2. The van der Waals surface area contributed by atoms with Gasteiger partial charge in [0.1, 0.15) is 29.0 Å². The lowest BCUT2D eigenvalue weighted by Crippen LogP contribution is -2.54. The van der Waals surface area contributed by atoms with E-state index in [1.807, 2.05) is 25.7 Å². The Kier molecular flexibility index (Phi) is 14.3. The Morgan fingerprint density at radius 1 is 0.969 bits per heavy atom. The van der Waals surface area contributed by atoms with Gasteiger partial charge in [0.05, 0.1) is 41.2 Å². The highest BCUT2D eigenvalue weighted by Crippen LogP contribution is 2.41. The third-order valence-corrected chi connectivity index (χ3v) is 11.1. The van der Waals surface area contributed by atoms with Crippen molar-refractivity contribution in [3.63, 3.8) is 0 Å². The Balaban J connectivity index is 1.16. The quantitative estimate of drug-likeness (QED) is 0.133. The highest BCUT2D eigenvalue weighted by molar-refractivity contribution is 6.34. The van der Waals surface area contributed by atoms with Crippen LogP contribution in [0.25, 0.3) is 22.4 Å². The van der Waals surface area contributed by atoms with Crippen molar-refractivity contribution in [1.82, 2.24) is 30.1 Å². The summed E-state index contributed by atoms with van der Waals surface area (Å²) in [6, 6.07) is 10.5. The Bertz CT molecular complexity index is 2320. The van der Waals surface area contributed by atoms with Gasteiger partial charge in [-0.3, -0.25) is 9.59 Å². The highest BCUT2D eigenvalue weighted by Gasteiger charge is 2.42. The number of ether oxygens (including phenoxy) is 4. The van der Waals surface area contributed by atoms with Crippen molar-refractivity contribution in [3.05, 3.63) is 77.3 Å². The molecule has 0 spiro atoms. The first-order chi connectivity index (χ1) is 30.1. The average Bonchev–Trinajstić information content (AvgIpc) is 3.91. The lowest BCUT2D eigenvalue weighted by Gasteiger charge is -2.40. The molecule has 6 rings (SSSR count). The van der Waals surface area contributed by atoms with Crippen molar-refractivity contribution in [2.24, 2.45) is 5.92 Å². The number of hydrogen-bond acceptors (Lipinski definition) is 11. The molecule has 0 bridgehead atoms. The van der Waals surface area contributed by atoms with Gasteiger partial charge in [0, 0.05) is 75.3 Å². The van der Waals surface area contributed by atoms with E-state index >= 15 is 0 Å². The van der Waals surface area contributed by atoms with Gasteiger partial charge in [0.2, 0.25) is 5.91 Å². The number of alkyl carbamates (subject to hydrolysis) is 1. The number of rotatable bonds is 11. The fourth-order valence-electron chi connectivity index (χ4n) is 7.58. The summed E-state index contributed by atoms with van der Waals surface area (Å²) in [5, 5.41) is 5.14. The first-order valence-corrected chi connectivity index (χ1v) is 21.0. The molecule has 4 atom stereocenters. The molecule has 2 aliphatic rings. The fraction of sp³-hybridized carbons (Fsp3) is 0.455. The Labute approximate surface area is 373 Å². The van der Waals surface area contributed by atoms with E-state index in [1.54, 1.807) is 74.2 Å². The predicted octanol–water partition coefficient (Wildman–Crippen LogP) is 8.06. The Morgan fingerprint density at radius 3 is 2.27 bits per heavy atom. The number of pyridine rings is 1. The summed E-state index contributed by atoms with van der Waals surface area (Å²) in [6.07, 6.45) is -3.04. The van der Waals surface area contributed by atoms with E-state index in [0.29, 0.717) is 54.5 Å². The maximum absolute atomic E-state index is 13.8. The number of nitrogens with zero attached hydrogens (tertiary/aromatic N) is 5. The number of hydrogen-bond donors (Lipinski definition) is 3. The molecule has 20 heteroatoms. The number of amides is 4. The number of alkyl halides is 3. The third-order valence-electron chi connectivity index (χ3n) is 10.8. The summed E-state index contributed by atoms with van der Waals surface area (Å²) in [6.45, 7) is 12.6. The van der Waals surface area contributed by atoms with Crippen LogP contribution in [0.15, 0.2) is 60.9 Å². The summed E-state index contributed by atoms with van der Waals surface area (Å²) < 4.78 is 61.6. The molecule has 0 radical (unpaired) electrons. The number of carbonyl (C=O) groups is 4. The van der Waals surface area contributed by atoms with E-state index in [4.69, 9.17) is 30.8 Å². The Hall–Kier alpha value is -6.08. The van der Waals surface area contributed by atoms with Crippen molar-refractivity contribution in [1.29, 1.82) is 0 Å². The molecule has 0 saturated carbocycles. The van der Waals surface area contributed by atoms with Crippen LogP contribution in [-0.2, 0) is 19.0 Å². The molecule has 4 amide bonds. The number of methoxy groups -OCH3 is 2. The molecule has 4 aromatic rings. The molecule has 4 heterocycles. The number of H-pyrrole nitrogens is 1. The van der Waals surface area contributed by atoms with Gasteiger partial charge in [0.15, 0.2) is 0 Å². The number of halogens is 4. The maximum atomic E-state index is 13.8. The van der Waals surface area contributed by atoms with Crippen LogP contribution in [0.3, 0.4) is 0 Å². The SMILES string of the molecule is COC(=O)NC(C(=O)N1C[C@@H](OC)C[C@H]1c1nc(-c2ccc(-c3cc(Cl)c(NC(=O)c4ccc(N5CCN(C(=O)OC(C)(C)C)C[C@H]5C)nc4)cc3OC(F)(F)F)cc2)c[nH]1)C(C)C. The van der Waals surface area contributed by atoms with Crippen molar-refractivity contribution >= 4 is 47.1 Å². The summed E-state index contributed by atoms with van der Waals surface area (Å²) in [7, 11) is 2.78. The zero-order chi connectivity index (χ0) is 46.7. The zero-order valence-electron chi connectivity index (χ0n) is 36.7. The van der Waals surface area contributed by atoms with Crippen molar-refractivity contribution < 1.29 is 51.3 Å². The van der Waals surface area contributed by atoms with Crippen LogP contribution in [0.2, 0.25) is 5.02 Å². The van der Waals surface area contributed by atoms with Gasteiger partial charge in [-0.25, -0.2) is 19.6 Å². The zero-order valence-corrected chi connectivity index (χ0v) is 37.5. The normalized spacial score (nSPS) is 18.5. The number of nitrogens with one attached hydrogen (secondary N) is 3. The summed E-state index contributed by atoms with van der Waals surface area (Å²) in [5.74, 6) is -0.777. The minimum Gasteiger partial charge on any atom is -0.453 e. The van der Waals surface area contributed by atoms with E-state index in [0.717, 1.165) is 6.07 Å². The van der Waals surface area contributed by atoms with Crippen LogP contribution in [-0.4, -0.2) is 119 Å². The number of carbonyl (C=O) groups excluding carboxylic acids is 4. The Morgan fingerprint density at radius 2 is 1.67 bits per heavy atom. The number of imidazole rings is 1. The minimum atomic E-state index is -5.08. The van der Waals surface area contributed by atoms with Crippen molar-refractivity contribution in [3.8, 4) is 28.1 Å². The number of piperazine rings is 1. The van der Waals surface area contributed by atoms with E-state index < -0.39 is 47.9 Å². The van der Waals surface area contributed by atoms with Gasteiger partial charge < -0.3 is 49.3 Å². The average molecular weight is 913 g/mol. The number of likely N-dealkylation sites (tertiary alicyclic amines) is 1. The molecular formula is C44H52ClF3N8O8. The fourth-order valence-corrected chi connectivity index (χ4v) is 7.79. The number of aromatic nitrogens is 3. The molecule has 2 aromatic heterocycles. The van der Waals surface area contributed by atoms with Crippen LogP contribution >= 0.6 is 11.6 Å². The number of benzene rings is 2. The molecule has 1 unspecified atom stereocenters. The van der Waals surface area contributed by atoms with Gasteiger partial charge in [-0.05, 0) is 57.4 Å². The molecule has 64 heavy (non-hydrogen) atoms. The van der Waals surface area contributed by atoms with E-state index in [9.17, 15) is 32.3 Å². The molecule has 344 valence electrons. The van der Waals surface area contributed by atoms with E-state index in [1.165, 1.54) is 25.4 Å². The summed E-state index contributed by atoms with van der Waals surface area (Å²) in [4.78, 5) is 69.4. The second kappa shape index (κ2) is 19.3. The smallest absolute Gasteiger partial charge is 0.453 e. The van der Waals surface area contributed by atoms with Crippen LogP contribution in [0, 0.1) is 5.92 Å². The maximum Gasteiger partial charge on any atom is 0.573 e. The highest BCUT2D eigenvalue weighted by atomic mass is 35.5. The molecule has 16 nitrogen and oxygen atoms in total. The molecule has 2 aliphatic heterocycles. The standard InChI is InChI=1S/C44H52ClF3N8O8/c1-24(2)37(53-41(59)62-8)40(58)56-23-29(61-7)17-34(56)38-50-21-33(51-38)27-11-9-26(10-12-27)30-18-31(45)32(19-35(30)63-44(46,47)48)52-39(57)28-13-14-36(49-20-28)55-16-15-54(22-25(55)3)42(60)64-43(4,5)6/h9-14,18-21,24-25,29,34,37H,15-17,22-23H2,1-8H3,(H,50,51)(H,52,57)(H,53,59)/t25-,29+,34+,37?/m1/s1. The van der Waals surface area contributed by atoms with Crippen molar-refractivity contribution in [2.45, 2.75) is 84.2 Å². The monoisotopic (exact) mass is 912 g/mol. The van der Waals surface area contributed by atoms with Crippen LogP contribution in [0.5, 0.6) is 5.75 Å². The molecular weight excluding hydrogens is 861 g/mol. The third kappa shape index (κ3) is 11.3. The number of aromatic amines is 1. The molecule has 2 saturated heterocycles. The van der Waals surface area contributed by atoms with E-state index in [2.05, 4.69) is 25.3 Å². The predicted molar refractivity (Wildman–Crippen MR) is 232 cm³/mol. The van der Waals surface area contributed by atoms with Crippen LogP contribution in [0.1, 0.15) is 70.2 Å². The first kappa shape index (κ1) is 47.4. The van der Waals surface area contributed by atoms with Gasteiger partial charge in [-0.15, -0.1) is 13.2 Å². The van der Waals surface area contributed by atoms with Crippen molar-refractivity contribution in [2.75, 3.05) is 50.6 Å². The largest absolute Gasteiger partial charge is 0.573 e. The lowest BCUT2D eigenvalue weighted by atomic mass is 10.0. The van der Waals surface area contributed by atoms with Crippen LogP contribution < -0.4 is 20.3 Å². The van der Waals surface area contributed by atoms with Gasteiger partial charge in [0.25, 0.3) is 5.91 Å². The van der Waals surface area contributed by atoms with E-state index in [-0.39, 0.29) is 52.4 Å². The first-order valence-electron chi connectivity index (χ1n) is 20.6. The second-order valence-electron chi connectivity index (χ2n) is 16.9. The molecule has 3 N–H and O–H groups in total. The van der Waals surface area contributed by atoms with Gasteiger partial charge in [-0.2, -0.15) is 0 Å². The van der Waals surface area contributed by atoms with Gasteiger partial charge >= 0.3 is 18.5 Å². The lowest BCUT2D eigenvalue weighted by molar-refractivity contribution is -0.274. The van der Waals surface area contributed by atoms with Crippen LogP contribution in [0.4, 0.5) is 34.3 Å². The molecule has 2 fully saturated rings. The second-order valence-corrected chi connectivity index (χ2v) is 17.3. The summed E-state index contributed by atoms with van der Waals surface area (Å²) >= 11 is 6.59. The molecule has 2 aromatic carbocycles. The minimum absolute atomic E-state index is 0.00693. The summed E-state index contributed by atoms with van der Waals surface area (Å²) in [5.41, 5.74) is 0.832.